The van der Waals surface area contributed by atoms with Crippen LogP contribution in [0.5, 0.6) is 0 Å². The third-order valence-electron chi connectivity index (χ3n) is 4.61. The molecular weight excluding hydrogens is 433 g/mol. The van der Waals surface area contributed by atoms with Crippen LogP contribution in [-0.4, -0.2) is 43.5 Å². The molecular formula is C20H21ClFN3O4S. The van der Waals surface area contributed by atoms with Gasteiger partial charge < -0.3 is 0 Å². The van der Waals surface area contributed by atoms with Crippen molar-refractivity contribution >= 4 is 39.2 Å². The number of Topliss-reactive ketones (excluding diaryl/α,β-unsaturated/α-hetero) is 1. The van der Waals surface area contributed by atoms with E-state index in [1.807, 2.05) is 0 Å². The molecule has 3 rings (SSSR count). The van der Waals surface area contributed by atoms with Crippen LogP contribution >= 0.6 is 11.6 Å². The summed E-state index contributed by atoms with van der Waals surface area (Å²) in [5.41, 5.74) is 0.461. The third kappa shape index (κ3) is 4.86. The number of hydrogen-bond donors (Lipinski definition) is 1. The van der Waals surface area contributed by atoms with Crippen LogP contribution in [0.1, 0.15) is 25.5 Å². The second kappa shape index (κ2) is 8.81. The molecule has 1 aliphatic heterocycles. The van der Waals surface area contributed by atoms with Gasteiger partial charge in [-0.05, 0) is 38.1 Å². The zero-order chi connectivity index (χ0) is 22.1. The first-order valence-electron chi connectivity index (χ1n) is 9.22. The van der Waals surface area contributed by atoms with Crippen molar-refractivity contribution < 1.29 is 22.4 Å². The Morgan fingerprint density at radius 2 is 1.83 bits per heavy atom. The molecule has 2 atom stereocenters. The van der Waals surface area contributed by atoms with E-state index < -0.39 is 39.8 Å². The van der Waals surface area contributed by atoms with Gasteiger partial charge in [0.05, 0.1) is 6.04 Å². The number of ketones is 1. The number of benzene rings is 2. The summed E-state index contributed by atoms with van der Waals surface area (Å²) in [6.07, 6.45) is 0. The first kappa shape index (κ1) is 22.4. The van der Waals surface area contributed by atoms with Gasteiger partial charge in [-0.3, -0.25) is 14.5 Å². The lowest BCUT2D eigenvalue weighted by Gasteiger charge is -2.33. The van der Waals surface area contributed by atoms with Gasteiger partial charge in [-0.15, -0.1) is 0 Å². The molecule has 1 fully saturated rings. The summed E-state index contributed by atoms with van der Waals surface area (Å²) >= 11 is 6.28. The zero-order valence-electron chi connectivity index (χ0n) is 16.4. The molecule has 160 valence electrons. The first-order chi connectivity index (χ1) is 14.1. The fraction of sp³-hybridized carbons (Fsp3) is 0.300. The van der Waals surface area contributed by atoms with Crippen molar-refractivity contribution in [1.29, 1.82) is 0 Å². The maximum Gasteiger partial charge on any atom is 0.280 e. The third-order valence-corrected chi connectivity index (χ3v) is 6.65. The number of nitrogens with one attached hydrogen (secondary N) is 1. The molecule has 1 aliphatic rings. The fourth-order valence-corrected chi connectivity index (χ4v) is 4.60. The Bertz CT molecular complexity index is 1080. The molecule has 1 N–H and O–H groups in total. The quantitative estimate of drug-likeness (QED) is 0.622. The standard InChI is InChI=1S/C20H21ClFN3O4S/c1-13(23-30(28,29)24-10-11-24)20(27)25(16-7-5-6-15(22)12-16)19(14(2)26)17-8-3-4-9-18(17)21/h3-9,12-13,19,23H,10-11H2,1-2H3/t13-,19?/m0/s1. The van der Waals surface area contributed by atoms with Gasteiger partial charge in [0, 0.05) is 29.4 Å². The predicted octanol–water partition coefficient (Wildman–Crippen LogP) is 2.68. The Morgan fingerprint density at radius 3 is 2.40 bits per heavy atom. The summed E-state index contributed by atoms with van der Waals surface area (Å²) < 4.78 is 41.9. The number of rotatable bonds is 8. The smallest absolute Gasteiger partial charge is 0.280 e. The van der Waals surface area contributed by atoms with Gasteiger partial charge in [-0.1, -0.05) is 35.9 Å². The van der Waals surface area contributed by atoms with Crippen LogP contribution < -0.4 is 9.62 Å². The molecule has 1 heterocycles. The number of carbonyl (C=O) groups excluding carboxylic acids is 2. The highest BCUT2D eigenvalue weighted by Gasteiger charge is 2.38. The number of halogens is 2. The first-order valence-corrected chi connectivity index (χ1v) is 11.0. The summed E-state index contributed by atoms with van der Waals surface area (Å²) in [7, 11) is -3.82. The van der Waals surface area contributed by atoms with E-state index >= 15 is 0 Å². The van der Waals surface area contributed by atoms with E-state index in [1.165, 1.54) is 36.4 Å². The summed E-state index contributed by atoms with van der Waals surface area (Å²) in [6.45, 7) is 3.41. The van der Waals surface area contributed by atoms with Gasteiger partial charge >= 0.3 is 0 Å². The van der Waals surface area contributed by atoms with E-state index in [2.05, 4.69) is 4.72 Å². The Balaban J connectivity index is 2.06. The molecule has 0 spiro atoms. The molecule has 10 heteroatoms. The van der Waals surface area contributed by atoms with Crippen LogP contribution in [0.2, 0.25) is 5.02 Å². The van der Waals surface area contributed by atoms with E-state index in [-0.39, 0.29) is 10.7 Å². The van der Waals surface area contributed by atoms with Crippen LogP contribution in [0.3, 0.4) is 0 Å². The lowest BCUT2D eigenvalue weighted by atomic mass is 9.99. The minimum absolute atomic E-state index is 0.109. The highest BCUT2D eigenvalue weighted by molar-refractivity contribution is 7.87. The largest absolute Gasteiger partial charge is 0.297 e. The van der Waals surface area contributed by atoms with Crippen LogP contribution in [0.15, 0.2) is 48.5 Å². The Labute approximate surface area is 179 Å². The molecule has 2 aromatic carbocycles. The zero-order valence-corrected chi connectivity index (χ0v) is 18.0. The molecule has 2 aromatic rings. The normalized spacial score (nSPS) is 16.0. The lowest BCUT2D eigenvalue weighted by molar-refractivity contribution is -0.124. The minimum Gasteiger partial charge on any atom is -0.297 e. The van der Waals surface area contributed by atoms with Crippen LogP contribution in [0.4, 0.5) is 10.1 Å². The average molecular weight is 454 g/mol. The molecule has 0 aromatic heterocycles. The molecule has 7 nitrogen and oxygen atoms in total. The van der Waals surface area contributed by atoms with Crippen molar-refractivity contribution in [1.82, 2.24) is 9.03 Å². The van der Waals surface area contributed by atoms with Crippen molar-refractivity contribution in [2.75, 3.05) is 18.0 Å². The summed E-state index contributed by atoms with van der Waals surface area (Å²) in [5, 5.41) is 0.254. The average Bonchev–Trinajstić information content (AvgIpc) is 3.51. The molecule has 0 saturated carbocycles. The van der Waals surface area contributed by atoms with Gasteiger partial charge in [0.1, 0.15) is 11.9 Å². The maximum atomic E-state index is 14.0. The topological polar surface area (TPSA) is 86.6 Å². The minimum atomic E-state index is -3.82. The molecule has 0 radical (unpaired) electrons. The second-order valence-electron chi connectivity index (χ2n) is 6.97. The SMILES string of the molecule is CC(=O)C(c1ccccc1Cl)N(C(=O)[C@H](C)NS(=O)(=O)N1CC1)c1cccc(F)c1. The van der Waals surface area contributed by atoms with Crippen molar-refractivity contribution in [3.05, 3.63) is 64.9 Å². The molecule has 1 unspecified atom stereocenters. The fourth-order valence-electron chi connectivity index (χ4n) is 3.10. The Morgan fingerprint density at radius 1 is 1.17 bits per heavy atom. The van der Waals surface area contributed by atoms with Gasteiger partial charge in [-0.2, -0.15) is 17.4 Å². The molecule has 1 amide bonds. The molecule has 1 saturated heterocycles. The lowest BCUT2D eigenvalue weighted by Crippen LogP contribution is -2.50. The van der Waals surface area contributed by atoms with Gasteiger partial charge in [0.2, 0.25) is 5.91 Å². The van der Waals surface area contributed by atoms with Crippen molar-refractivity contribution in [3.8, 4) is 0 Å². The number of nitrogens with zero attached hydrogens (tertiary/aromatic N) is 2. The summed E-state index contributed by atoms with van der Waals surface area (Å²) in [6, 6.07) is 9.33. The van der Waals surface area contributed by atoms with Crippen molar-refractivity contribution in [3.63, 3.8) is 0 Å². The van der Waals surface area contributed by atoms with Crippen molar-refractivity contribution in [2.45, 2.75) is 25.9 Å². The van der Waals surface area contributed by atoms with E-state index in [4.69, 9.17) is 11.6 Å². The van der Waals surface area contributed by atoms with E-state index in [9.17, 15) is 22.4 Å². The van der Waals surface area contributed by atoms with E-state index in [1.54, 1.807) is 24.3 Å². The van der Waals surface area contributed by atoms with Gasteiger partial charge in [0.15, 0.2) is 5.78 Å². The maximum absolute atomic E-state index is 14.0. The van der Waals surface area contributed by atoms with E-state index in [0.29, 0.717) is 18.7 Å². The number of carbonyl (C=O) groups is 2. The molecule has 0 bridgehead atoms. The van der Waals surface area contributed by atoms with Crippen molar-refractivity contribution in [2.24, 2.45) is 0 Å². The van der Waals surface area contributed by atoms with Crippen LogP contribution in [0, 0.1) is 5.82 Å². The Kier molecular flexibility index (Phi) is 6.56. The number of amides is 1. The second-order valence-corrected chi connectivity index (χ2v) is 9.08. The number of hydrogen-bond acceptors (Lipinski definition) is 4. The number of anilines is 1. The summed E-state index contributed by atoms with van der Waals surface area (Å²) in [4.78, 5) is 27.1. The van der Waals surface area contributed by atoms with Gasteiger partial charge in [-0.25, -0.2) is 4.39 Å². The van der Waals surface area contributed by atoms with Gasteiger partial charge in [0.25, 0.3) is 10.2 Å². The monoisotopic (exact) mass is 453 g/mol. The summed E-state index contributed by atoms with van der Waals surface area (Å²) in [5.74, 6) is -1.74. The molecule has 30 heavy (non-hydrogen) atoms. The highest BCUT2D eigenvalue weighted by atomic mass is 35.5. The van der Waals surface area contributed by atoms with Crippen LogP contribution in [0.25, 0.3) is 0 Å². The van der Waals surface area contributed by atoms with E-state index in [0.717, 1.165) is 11.0 Å². The van der Waals surface area contributed by atoms with Crippen LogP contribution in [-0.2, 0) is 19.8 Å². The Hall–Kier alpha value is -2.33. The highest BCUT2D eigenvalue weighted by Crippen LogP contribution is 2.33. The molecule has 0 aliphatic carbocycles. The predicted molar refractivity (Wildman–Crippen MR) is 112 cm³/mol.